The quantitative estimate of drug-likeness (QED) is 0.765. The molecule has 3 heteroatoms. The summed E-state index contributed by atoms with van der Waals surface area (Å²) in [7, 11) is 0. The van der Waals surface area contributed by atoms with E-state index >= 15 is 0 Å². The molecule has 0 amide bonds. The predicted octanol–water partition coefficient (Wildman–Crippen LogP) is 2.93. The molecule has 1 aromatic heterocycles. The summed E-state index contributed by atoms with van der Waals surface area (Å²) >= 11 is 0. The lowest BCUT2D eigenvalue weighted by Crippen LogP contribution is -2.08. The van der Waals surface area contributed by atoms with E-state index in [-0.39, 0.29) is 0 Å². The topological polar surface area (TPSA) is 41.6 Å². The van der Waals surface area contributed by atoms with E-state index in [1.807, 2.05) is 28.9 Å². The number of para-hydroxylation sites is 1. The Bertz CT molecular complexity index is 632. The first-order valence-electron chi connectivity index (χ1n) is 6.38. The van der Waals surface area contributed by atoms with Crippen LogP contribution in [0.4, 0.5) is 0 Å². The van der Waals surface area contributed by atoms with Gasteiger partial charge in [-0.1, -0.05) is 12.1 Å². The van der Waals surface area contributed by atoms with Crippen LogP contribution in [0.2, 0.25) is 0 Å². The maximum atomic E-state index is 9.20. The molecular weight excluding hydrogens is 222 g/mol. The average molecular weight is 237 g/mol. The SMILES string of the molecule is Cc1nn(-c2ccccc2C#N)c2c1CCCC2. The van der Waals surface area contributed by atoms with Crippen LogP contribution in [0.5, 0.6) is 0 Å². The molecule has 3 rings (SSSR count). The molecule has 1 aliphatic carbocycles. The van der Waals surface area contributed by atoms with Crippen LogP contribution in [0.1, 0.15) is 35.4 Å². The van der Waals surface area contributed by atoms with E-state index in [1.165, 1.54) is 24.1 Å². The van der Waals surface area contributed by atoms with E-state index in [0.717, 1.165) is 24.2 Å². The zero-order valence-corrected chi connectivity index (χ0v) is 10.5. The van der Waals surface area contributed by atoms with Crippen molar-refractivity contribution in [3.63, 3.8) is 0 Å². The van der Waals surface area contributed by atoms with Crippen molar-refractivity contribution in [3.05, 3.63) is 46.8 Å². The third-order valence-corrected chi connectivity index (χ3v) is 3.63. The van der Waals surface area contributed by atoms with Crippen LogP contribution in [0, 0.1) is 18.3 Å². The van der Waals surface area contributed by atoms with E-state index in [1.54, 1.807) is 0 Å². The fourth-order valence-corrected chi connectivity index (χ4v) is 2.74. The van der Waals surface area contributed by atoms with E-state index in [4.69, 9.17) is 0 Å². The fraction of sp³-hybridized carbons (Fsp3) is 0.333. The molecule has 1 aromatic carbocycles. The standard InChI is InChI=1S/C15H15N3/c1-11-13-7-3-5-9-15(13)18(17-11)14-8-4-2-6-12(14)10-16/h2,4,6,8H,3,5,7,9H2,1H3. The van der Waals surface area contributed by atoms with Crippen molar-refractivity contribution in [3.8, 4) is 11.8 Å². The highest BCUT2D eigenvalue weighted by atomic mass is 15.3. The number of nitrogens with zero attached hydrogens (tertiary/aromatic N) is 3. The van der Waals surface area contributed by atoms with Gasteiger partial charge in [-0.05, 0) is 50.3 Å². The van der Waals surface area contributed by atoms with E-state index in [9.17, 15) is 5.26 Å². The second-order valence-electron chi connectivity index (χ2n) is 4.76. The molecule has 0 saturated heterocycles. The molecule has 1 heterocycles. The highest BCUT2D eigenvalue weighted by Crippen LogP contribution is 2.27. The maximum absolute atomic E-state index is 9.20. The number of aromatic nitrogens is 2. The predicted molar refractivity (Wildman–Crippen MR) is 69.7 cm³/mol. The van der Waals surface area contributed by atoms with Gasteiger partial charge in [0.2, 0.25) is 0 Å². The largest absolute Gasteiger partial charge is 0.236 e. The van der Waals surface area contributed by atoms with Gasteiger partial charge in [-0.25, -0.2) is 4.68 Å². The summed E-state index contributed by atoms with van der Waals surface area (Å²) in [5, 5.41) is 13.8. The van der Waals surface area contributed by atoms with Gasteiger partial charge in [0.25, 0.3) is 0 Å². The lowest BCUT2D eigenvalue weighted by molar-refractivity contribution is 0.653. The molecule has 3 nitrogen and oxygen atoms in total. The van der Waals surface area contributed by atoms with Crippen LogP contribution in [0.3, 0.4) is 0 Å². The summed E-state index contributed by atoms with van der Waals surface area (Å²) in [6.07, 6.45) is 4.65. The summed E-state index contributed by atoms with van der Waals surface area (Å²) in [5.74, 6) is 0. The van der Waals surface area contributed by atoms with Crippen LogP contribution in [-0.2, 0) is 12.8 Å². The Labute approximate surface area is 107 Å². The monoisotopic (exact) mass is 237 g/mol. The molecule has 0 unspecified atom stereocenters. The van der Waals surface area contributed by atoms with Crippen LogP contribution < -0.4 is 0 Å². The van der Waals surface area contributed by atoms with Gasteiger partial charge in [0.05, 0.1) is 16.9 Å². The lowest BCUT2D eigenvalue weighted by atomic mass is 9.96. The Morgan fingerprint density at radius 3 is 2.83 bits per heavy atom. The van der Waals surface area contributed by atoms with Crippen molar-refractivity contribution < 1.29 is 0 Å². The molecule has 18 heavy (non-hydrogen) atoms. The van der Waals surface area contributed by atoms with Crippen molar-refractivity contribution in [1.82, 2.24) is 9.78 Å². The third-order valence-electron chi connectivity index (χ3n) is 3.63. The van der Waals surface area contributed by atoms with Crippen molar-refractivity contribution in [1.29, 1.82) is 5.26 Å². The molecule has 0 aliphatic heterocycles. The summed E-state index contributed by atoms with van der Waals surface area (Å²) in [4.78, 5) is 0. The molecule has 90 valence electrons. The first-order chi connectivity index (χ1) is 8.81. The van der Waals surface area contributed by atoms with E-state index in [0.29, 0.717) is 5.56 Å². The molecule has 0 N–H and O–H groups in total. The average Bonchev–Trinajstić information content (AvgIpc) is 2.77. The maximum Gasteiger partial charge on any atom is 0.101 e. The Balaban J connectivity index is 2.21. The van der Waals surface area contributed by atoms with Crippen LogP contribution in [0.15, 0.2) is 24.3 Å². The Morgan fingerprint density at radius 1 is 1.22 bits per heavy atom. The molecule has 0 atom stereocenters. The third kappa shape index (κ3) is 1.62. The minimum absolute atomic E-state index is 0.688. The number of fused-ring (bicyclic) bond motifs is 1. The number of benzene rings is 1. The zero-order chi connectivity index (χ0) is 12.5. The fourth-order valence-electron chi connectivity index (χ4n) is 2.74. The van der Waals surface area contributed by atoms with Gasteiger partial charge in [0, 0.05) is 5.69 Å². The number of rotatable bonds is 1. The van der Waals surface area contributed by atoms with Gasteiger partial charge in [-0.3, -0.25) is 0 Å². The molecule has 0 saturated carbocycles. The number of nitriles is 1. The number of hydrogen-bond acceptors (Lipinski definition) is 2. The van der Waals surface area contributed by atoms with Gasteiger partial charge in [-0.15, -0.1) is 0 Å². The normalized spacial score (nSPS) is 14.0. The molecule has 1 aliphatic rings. The highest BCUT2D eigenvalue weighted by molar-refractivity contribution is 5.50. The molecular formula is C15H15N3. The van der Waals surface area contributed by atoms with Gasteiger partial charge in [0.1, 0.15) is 6.07 Å². The van der Waals surface area contributed by atoms with Gasteiger partial charge < -0.3 is 0 Å². The Kier molecular flexibility index (Phi) is 2.64. The van der Waals surface area contributed by atoms with Gasteiger partial charge >= 0.3 is 0 Å². The smallest absolute Gasteiger partial charge is 0.101 e. The van der Waals surface area contributed by atoms with E-state index < -0.39 is 0 Å². The van der Waals surface area contributed by atoms with Crippen molar-refractivity contribution in [2.24, 2.45) is 0 Å². The minimum atomic E-state index is 0.688. The Morgan fingerprint density at radius 2 is 2.00 bits per heavy atom. The van der Waals surface area contributed by atoms with Crippen LogP contribution in [-0.4, -0.2) is 9.78 Å². The van der Waals surface area contributed by atoms with Crippen LogP contribution >= 0.6 is 0 Å². The molecule has 0 fully saturated rings. The molecule has 2 aromatic rings. The van der Waals surface area contributed by atoms with Crippen molar-refractivity contribution in [2.75, 3.05) is 0 Å². The van der Waals surface area contributed by atoms with E-state index in [2.05, 4.69) is 18.1 Å². The summed E-state index contributed by atoms with van der Waals surface area (Å²) < 4.78 is 1.97. The molecule has 0 spiro atoms. The first kappa shape index (κ1) is 11.0. The van der Waals surface area contributed by atoms with Crippen molar-refractivity contribution >= 4 is 0 Å². The Hall–Kier alpha value is -2.08. The minimum Gasteiger partial charge on any atom is -0.236 e. The first-order valence-corrected chi connectivity index (χ1v) is 6.38. The summed E-state index contributed by atoms with van der Waals surface area (Å²) in [5.41, 5.74) is 5.38. The van der Waals surface area contributed by atoms with Gasteiger partial charge in [-0.2, -0.15) is 10.4 Å². The lowest BCUT2D eigenvalue weighted by Gasteiger charge is -2.14. The summed E-state index contributed by atoms with van der Waals surface area (Å²) in [6.45, 7) is 2.07. The second-order valence-corrected chi connectivity index (χ2v) is 4.76. The molecule has 0 radical (unpaired) electrons. The zero-order valence-electron chi connectivity index (χ0n) is 10.5. The van der Waals surface area contributed by atoms with Gasteiger partial charge in [0.15, 0.2) is 0 Å². The van der Waals surface area contributed by atoms with Crippen molar-refractivity contribution in [2.45, 2.75) is 32.6 Å². The summed E-state index contributed by atoms with van der Waals surface area (Å²) in [6, 6.07) is 9.92. The second kappa shape index (κ2) is 4.30. The molecule has 0 bridgehead atoms. The number of aryl methyl sites for hydroxylation is 1. The highest BCUT2D eigenvalue weighted by Gasteiger charge is 2.20. The van der Waals surface area contributed by atoms with Crippen LogP contribution in [0.25, 0.3) is 5.69 Å². The number of hydrogen-bond donors (Lipinski definition) is 0.